The molecule has 0 saturated heterocycles. The second-order valence-electron chi connectivity index (χ2n) is 3.18. The van der Waals surface area contributed by atoms with Gasteiger partial charge in [-0.25, -0.2) is 4.39 Å². The Bertz CT molecular complexity index is 324. The maximum absolute atomic E-state index is 12.7. The molecule has 0 aliphatic heterocycles. The van der Waals surface area contributed by atoms with Crippen molar-refractivity contribution in [1.82, 2.24) is 5.32 Å². The number of carbonyl (C=O) groups excluding carboxylic acids is 1. The third-order valence-corrected chi connectivity index (χ3v) is 2.17. The Kier molecular flexibility index (Phi) is 4.24. The highest BCUT2D eigenvalue weighted by molar-refractivity contribution is 5.78. The standard InChI is InChI=1S/C11H14FNO2/c1-13-7-10(11(14)15-2)8-3-5-9(12)6-4-8/h3-6,10,13H,7H2,1-2H3. The van der Waals surface area contributed by atoms with Crippen LogP contribution in [0.25, 0.3) is 0 Å². The zero-order valence-corrected chi connectivity index (χ0v) is 8.79. The van der Waals surface area contributed by atoms with Crippen LogP contribution in [-0.4, -0.2) is 26.7 Å². The molecule has 0 aliphatic rings. The maximum atomic E-state index is 12.7. The molecule has 1 N–H and O–H groups in total. The van der Waals surface area contributed by atoms with Crippen molar-refractivity contribution in [1.29, 1.82) is 0 Å². The number of methoxy groups -OCH3 is 1. The smallest absolute Gasteiger partial charge is 0.314 e. The SMILES string of the molecule is CNCC(C(=O)OC)c1ccc(F)cc1. The molecule has 0 saturated carbocycles. The van der Waals surface area contributed by atoms with Crippen LogP contribution in [0.2, 0.25) is 0 Å². The summed E-state index contributed by atoms with van der Waals surface area (Å²) in [7, 11) is 3.09. The summed E-state index contributed by atoms with van der Waals surface area (Å²) < 4.78 is 17.4. The summed E-state index contributed by atoms with van der Waals surface area (Å²) >= 11 is 0. The normalized spacial score (nSPS) is 12.2. The molecule has 1 rings (SSSR count). The number of halogens is 1. The molecule has 0 amide bonds. The highest BCUT2D eigenvalue weighted by atomic mass is 19.1. The topological polar surface area (TPSA) is 38.3 Å². The summed E-state index contributed by atoms with van der Waals surface area (Å²) in [5, 5.41) is 2.90. The van der Waals surface area contributed by atoms with Crippen LogP contribution in [-0.2, 0) is 9.53 Å². The van der Waals surface area contributed by atoms with E-state index in [0.29, 0.717) is 6.54 Å². The average molecular weight is 211 g/mol. The van der Waals surface area contributed by atoms with E-state index in [1.807, 2.05) is 0 Å². The molecule has 82 valence electrons. The lowest BCUT2D eigenvalue weighted by Crippen LogP contribution is -2.25. The summed E-state index contributed by atoms with van der Waals surface area (Å²) in [6, 6.07) is 5.85. The van der Waals surface area contributed by atoms with Crippen molar-refractivity contribution in [2.45, 2.75) is 5.92 Å². The zero-order valence-electron chi connectivity index (χ0n) is 8.79. The second kappa shape index (κ2) is 5.46. The molecule has 0 heterocycles. The molecule has 1 unspecified atom stereocenters. The van der Waals surface area contributed by atoms with Gasteiger partial charge in [0.25, 0.3) is 0 Å². The first kappa shape index (κ1) is 11.7. The van der Waals surface area contributed by atoms with E-state index in [-0.39, 0.29) is 17.7 Å². The third kappa shape index (κ3) is 3.02. The molecule has 1 aromatic rings. The van der Waals surface area contributed by atoms with Gasteiger partial charge in [0.1, 0.15) is 5.82 Å². The van der Waals surface area contributed by atoms with E-state index in [4.69, 9.17) is 0 Å². The van der Waals surface area contributed by atoms with Crippen molar-refractivity contribution >= 4 is 5.97 Å². The van der Waals surface area contributed by atoms with Crippen molar-refractivity contribution in [3.05, 3.63) is 35.6 Å². The monoisotopic (exact) mass is 211 g/mol. The molecular formula is C11H14FNO2. The van der Waals surface area contributed by atoms with Gasteiger partial charge in [-0.3, -0.25) is 4.79 Å². The Morgan fingerprint density at radius 3 is 2.53 bits per heavy atom. The number of likely N-dealkylation sites (N-methyl/N-ethyl adjacent to an activating group) is 1. The summed E-state index contributed by atoms with van der Waals surface area (Å²) in [6.07, 6.45) is 0. The molecule has 0 aliphatic carbocycles. The van der Waals surface area contributed by atoms with Gasteiger partial charge in [0.05, 0.1) is 13.0 Å². The molecule has 15 heavy (non-hydrogen) atoms. The molecule has 0 spiro atoms. The van der Waals surface area contributed by atoms with Crippen molar-refractivity contribution < 1.29 is 13.9 Å². The minimum atomic E-state index is -0.388. The Morgan fingerprint density at radius 1 is 1.47 bits per heavy atom. The highest BCUT2D eigenvalue weighted by Crippen LogP contribution is 2.16. The number of ether oxygens (including phenoxy) is 1. The number of nitrogens with one attached hydrogen (secondary N) is 1. The zero-order chi connectivity index (χ0) is 11.3. The minimum absolute atomic E-state index is 0.313. The van der Waals surface area contributed by atoms with Gasteiger partial charge in [-0.2, -0.15) is 0 Å². The van der Waals surface area contributed by atoms with E-state index >= 15 is 0 Å². The van der Waals surface area contributed by atoms with Gasteiger partial charge in [0.2, 0.25) is 0 Å². The highest BCUT2D eigenvalue weighted by Gasteiger charge is 2.20. The fourth-order valence-corrected chi connectivity index (χ4v) is 1.38. The Hall–Kier alpha value is -1.42. The van der Waals surface area contributed by atoms with Gasteiger partial charge in [-0.1, -0.05) is 12.1 Å². The van der Waals surface area contributed by atoms with Gasteiger partial charge in [-0.15, -0.1) is 0 Å². The van der Waals surface area contributed by atoms with Crippen LogP contribution in [0.1, 0.15) is 11.5 Å². The molecule has 0 radical (unpaired) electrons. The van der Waals surface area contributed by atoms with E-state index < -0.39 is 0 Å². The van der Waals surface area contributed by atoms with Gasteiger partial charge < -0.3 is 10.1 Å². The summed E-state index contributed by atoms with van der Waals surface area (Å²) in [4.78, 5) is 11.4. The molecule has 0 bridgehead atoms. The predicted octanol–water partition coefficient (Wildman–Crippen LogP) is 1.30. The molecule has 0 aromatic heterocycles. The molecule has 1 atom stereocenters. The first-order valence-corrected chi connectivity index (χ1v) is 4.67. The lowest BCUT2D eigenvalue weighted by atomic mass is 9.99. The van der Waals surface area contributed by atoms with Crippen LogP contribution in [0, 0.1) is 5.82 Å². The van der Waals surface area contributed by atoms with E-state index in [9.17, 15) is 9.18 Å². The molecule has 3 nitrogen and oxygen atoms in total. The fraction of sp³-hybridized carbons (Fsp3) is 0.364. The van der Waals surface area contributed by atoms with Gasteiger partial charge >= 0.3 is 5.97 Å². The van der Waals surface area contributed by atoms with Crippen LogP contribution < -0.4 is 5.32 Å². The van der Waals surface area contributed by atoms with Crippen LogP contribution in [0.4, 0.5) is 4.39 Å². The van der Waals surface area contributed by atoms with E-state index in [1.165, 1.54) is 19.2 Å². The van der Waals surface area contributed by atoms with Crippen molar-refractivity contribution in [2.24, 2.45) is 0 Å². The predicted molar refractivity (Wildman–Crippen MR) is 55.1 cm³/mol. The van der Waals surface area contributed by atoms with Gasteiger partial charge in [0, 0.05) is 6.54 Å². The van der Waals surface area contributed by atoms with Crippen LogP contribution >= 0.6 is 0 Å². The largest absolute Gasteiger partial charge is 0.469 e. The molecule has 1 aromatic carbocycles. The van der Waals surface area contributed by atoms with E-state index in [1.54, 1.807) is 19.2 Å². The van der Waals surface area contributed by atoms with Crippen LogP contribution in [0.15, 0.2) is 24.3 Å². The fourth-order valence-electron chi connectivity index (χ4n) is 1.38. The first-order chi connectivity index (χ1) is 7.19. The van der Waals surface area contributed by atoms with Crippen molar-refractivity contribution in [3.8, 4) is 0 Å². The first-order valence-electron chi connectivity index (χ1n) is 4.67. The second-order valence-corrected chi connectivity index (χ2v) is 3.18. The lowest BCUT2D eigenvalue weighted by molar-refractivity contribution is -0.142. The maximum Gasteiger partial charge on any atom is 0.314 e. The van der Waals surface area contributed by atoms with Gasteiger partial charge in [-0.05, 0) is 24.7 Å². The number of benzene rings is 1. The lowest BCUT2D eigenvalue weighted by Gasteiger charge is -2.14. The number of carbonyl (C=O) groups is 1. The Balaban J connectivity index is 2.88. The van der Waals surface area contributed by atoms with Gasteiger partial charge in [0.15, 0.2) is 0 Å². The van der Waals surface area contributed by atoms with Crippen molar-refractivity contribution in [3.63, 3.8) is 0 Å². The summed E-state index contributed by atoms with van der Waals surface area (Å²) in [6.45, 7) is 0.471. The quantitative estimate of drug-likeness (QED) is 0.763. The third-order valence-electron chi connectivity index (χ3n) is 2.17. The number of rotatable bonds is 4. The molecule has 4 heteroatoms. The molecule has 0 fully saturated rings. The summed E-state index contributed by atoms with van der Waals surface area (Å²) in [5.74, 6) is -1.02. The number of hydrogen-bond donors (Lipinski definition) is 1. The Labute approximate surface area is 88.2 Å². The number of hydrogen-bond acceptors (Lipinski definition) is 3. The van der Waals surface area contributed by atoms with Crippen LogP contribution in [0.3, 0.4) is 0 Å². The van der Waals surface area contributed by atoms with Crippen LogP contribution in [0.5, 0.6) is 0 Å². The summed E-state index contributed by atoms with van der Waals surface area (Å²) in [5.41, 5.74) is 0.748. The van der Waals surface area contributed by atoms with Crippen molar-refractivity contribution in [2.75, 3.05) is 20.7 Å². The Morgan fingerprint density at radius 2 is 2.07 bits per heavy atom. The minimum Gasteiger partial charge on any atom is -0.469 e. The average Bonchev–Trinajstić information content (AvgIpc) is 2.26. The molecular weight excluding hydrogens is 197 g/mol. The van der Waals surface area contributed by atoms with E-state index in [2.05, 4.69) is 10.1 Å². The van der Waals surface area contributed by atoms with E-state index in [0.717, 1.165) is 5.56 Å². The number of esters is 1.